The Bertz CT molecular complexity index is 1200. The van der Waals surface area contributed by atoms with E-state index in [4.69, 9.17) is 4.74 Å². The van der Waals surface area contributed by atoms with E-state index in [0.717, 1.165) is 16.9 Å². The molecule has 0 fully saturated rings. The lowest BCUT2D eigenvalue weighted by atomic mass is 10.0. The van der Waals surface area contributed by atoms with E-state index in [9.17, 15) is 14.0 Å². The molecule has 6 heteroatoms. The molecule has 162 valence electrons. The van der Waals surface area contributed by atoms with Crippen LogP contribution in [-0.4, -0.2) is 18.4 Å². The normalized spacial score (nSPS) is 13.7. The van der Waals surface area contributed by atoms with Gasteiger partial charge in [0.2, 0.25) is 0 Å². The monoisotopic (exact) mass is 430 g/mol. The van der Waals surface area contributed by atoms with Crippen LogP contribution in [0.5, 0.6) is 5.75 Å². The van der Waals surface area contributed by atoms with Gasteiger partial charge in [0.1, 0.15) is 17.3 Å². The number of aryl methyl sites for hydroxylation is 1. The molecule has 0 unspecified atom stereocenters. The number of anilines is 2. The van der Waals surface area contributed by atoms with Crippen LogP contribution in [0.15, 0.2) is 78.5 Å². The van der Waals surface area contributed by atoms with Crippen molar-refractivity contribution in [1.29, 1.82) is 0 Å². The van der Waals surface area contributed by atoms with Crippen molar-refractivity contribution in [3.8, 4) is 5.75 Å². The lowest BCUT2D eigenvalue weighted by Crippen LogP contribution is -2.32. The van der Waals surface area contributed by atoms with Crippen molar-refractivity contribution in [1.82, 2.24) is 0 Å². The highest BCUT2D eigenvalue weighted by Crippen LogP contribution is 2.35. The summed E-state index contributed by atoms with van der Waals surface area (Å²) in [7, 11) is 0. The smallest absolute Gasteiger partial charge is 0.282 e. The highest BCUT2D eigenvalue weighted by Gasteiger charge is 2.40. The molecule has 1 heterocycles. The molecule has 0 spiro atoms. The Morgan fingerprint density at radius 3 is 2.41 bits per heavy atom. The van der Waals surface area contributed by atoms with Crippen molar-refractivity contribution in [2.75, 3.05) is 16.8 Å². The molecular formula is C26H23FN2O3. The summed E-state index contributed by atoms with van der Waals surface area (Å²) in [6.07, 6.45) is 0.840. The maximum atomic E-state index is 13.5. The van der Waals surface area contributed by atoms with Crippen molar-refractivity contribution in [2.24, 2.45) is 0 Å². The maximum Gasteiger partial charge on any atom is 0.282 e. The highest BCUT2D eigenvalue weighted by atomic mass is 19.1. The van der Waals surface area contributed by atoms with Crippen LogP contribution < -0.4 is 15.0 Å². The number of imide groups is 1. The standard InChI is InChI=1S/C26H23FN2O3/c1-3-14-32-22-9-5-8-21(16-22)29-25(30)23(18-10-12-19(27)13-11-18)24(26(29)31)28-20-7-4-6-17(2)15-20/h4-13,15-16,28H,3,14H2,1-2H3. The summed E-state index contributed by atoms with van der Waals surface area (Å²) in [5.41, 5.74) is 2.90. The minimum Gasteiger partial charge on any atom is -0.494 e. The minimum absolute atomic E-state index is 0.145. The molecule has 2 amide bonds. The van der Waals surface area contributed by atoms with Crippen LogP contribution in [0.3, 0.4) is 0 Å². The van der Waals surface area contributed by atoms with E-state index in [0.29, 0.717) is 29.3 Å². The molecule has 0 aliphatic carbocycles. The van der Waals surface area contributed by atoms with E-state index in [1.807, 2.05) is 38.1 Å². The molecule has 0 radical (unpaired) electrons. The quantitative estimate of drug-likeness (QED) is 0.516. The van der Waals surface area contributed by atoms with Gasteiger partial charge in [0.25, 0.3) is 11.8 Å². The summed E-state index contributed by atoms with van der Waals surface area (Å²) < 4.78 is 19.2. The minimum atomic E-state index is -0.483. The van der Waals surface area contributed by atoms with E-state index in [-0.39, 0.29) is 11.3 Å². The number of nitrogens with zero attached hydrogens (tertiary/aromatic N) is 1. The van der Waals surface area contributed by atoms with E-state index in [2.05, 4.69) is 5.32 Å². The highest BCUT2D eigenvalue weighted by molar-refractivity contribution is 6.46. The van der Waals surface area contributed by atoms with Crippen LogP contribution in [0.4, 0.5) is 15.8 Å². The Labute approximate surface area is 186 Å². The number of carbonyl (C=O) groups excluding carboxylic acids is 2. The summed E-state index contributed by atoms with van der Waals surface area (Å²) in [5, 5.41) is 3.12. The van der Waals surface area contributed by atoms with E-state index >= 15 is 0 Å². The number of carbonyl (C=O) groups is 2. The molecule has 0 atom stereocenters. The van der Waals surface area contributed by atoms with Gasteiger partial charge in [0.05, 0.1) is 17.9 Å². The summed E-state index contributed by atoms with van der Waals surface area (Å²) in [6, 6.07) is 19.9. The van der Waals surface area contributed by atoms with Crippen LogP contribution in [0.25, 0.3) is 5.57 Å². The number of nitrogens with one attached hydrogen (secondary N) is 1. The fraction of sp³-hybridized carbons (Fsp3) is 0.154. The zero-order valence-electron chi connectivity index (χ0n) is 17.9. The third kappa shape index (κ3) is 4.25. The number of amides is 2. The van der Waals surface area contributed by atoms with Crippen LogP contribution in [-0.2, 0) is 9.59 Å². The first-order valence-corrected chi connectivity index (χ1v) is 10.4. The summed E-state index contributed by atoms with van der Waals surface area (Å²) in [4.78, 5) is 28.0. The maximum absolute atomic E-state index is 13.5. The number of hydrogen-bond donors (Lipinski definition) is 1. The molecule has 1 aliphatic rings. The van der Waals surface area contributed by atoms with Crippen LogP contribution in [0.1, 0.15) is 24.5 Å². The molecule has 5 nitrogen and oxygen atoms in total. The fourth-order valence-corrected chi connectivity index (χ4v) is 3.56. The second-order valence-electron chi connectivity index (χ2n) is 7.54. The first kappa shape index (κ1) is 21.3. The first-order valence-electron chi connectivity index (χ1n) is 10.4. The van der Waals surface area contributed by atoms with Crippen molar-refractivity contribution in [3.63, 3.8) is 0 Å². The molecule has 3 aromatic rings. The SMILES string of the molecule is CCCOc1cccc(N2C(=O)C(Nc3cccc(C)c3)=C(c3ccc(F)cc3)C2=O)c1. The van der Waals surface area contributed by atoms with E-state index < -0.39 is 17.6 Å². The number of benzene rings is 3. The largest absolute Gasteiger partial charge is 0.494 e. The summed E-state index contributed by atoms with van der Waals surface area (Å²) >= 11 is 0. The first-order chi connectivity index (χ1) is 15.5. The second-order valence-corrected chi connectivity index (χ2v) is 7.54. The van der Waals surface area contributed by atoms with Crippen LogP contribution in [0.2, 0.25) is 0 Å². The van der Waals surface area contributed by atoms with Crippen molar-refractivity contribution in [3.05, 3.63) is 95.4 Å². The summed E-state index contributed by atoms with van der Waals surface area (Å²) in [6.45, 7) is 4.47. The van der Waals surface area contributed by atoms with Crippen molar-refractivity contribution < 1.29 is 18.7 Å². The molecule has 0 bridgehead atoms. The van der Waals surface area contributed by atoms with Gasteiger partial charge >= 0.3 is 0 Å². The Kier molecular flexibility index (Phi) is 6.03. The van der Waals surface area contributed by atoms with Gasteiger partial charge in [-0.05, 0) is 60.9 Å². The van der Waals surface area contributed by atoms with Gasteiger partial charge in [-0.3, -0.25) is 9.59 Å². The van der Waals surface area contributed by atoms with E-state index in [1.165, 1.54) is 24.3 Å². The Hall–Kier alpha value is -3.93. The van der Waals surface area contributed by atoms with Gasteiger partial charge in [0.15, 0.2) is 0 Å². The van der Waals surface area contributed by atoms with Gasteiger partial charge in [-0.2, -0.15) is 0 Å². The van der Waals surface area contributed by atoms with Gasteiger partial charge in [-0.25, -0.2) is 9.29 Å². The topological polar surface area (TPSA) is 58.6 Å². The van der Waals surface area contributed by atoms with Crippen molar-refractivity contribution in [2.45, 2.75) is 20.3 Å². The molecule has 0 aromatic heterocycles. The zero-order valence-corrected chi connectivity index (χ0v) is 17.9. The lowest BCUT2D eigenvalue weighted by molar-refractivity contribution is -0.120. The number of halogens is 1. The molecule has 0 saturated carbocycles. The number of hydrogen-bond acceptors (Lipinski definition) is 4. The summed E-state index contributed by atoms with van der Waals surface area (Å²) in [5.74, 6) is -0.807. The predicted molar refractivity (Wildman–Crippen MR) is 123 cm³/mol. The number of rotatable bonds is 7. The van der Waals surface area contributed by atoms with Gasteiger partial charge in [-0.1, -0.05) is 37.3 Å². The second kappa shape index (κ2) is 9.06. The fourth-order valence-electron chi connectivity index (χ4n) is 3.56. The van der Waals surface area contributed by atoms with Crippen molar-refractivity contribution >= 4 is 28.8 Å². The Balaban J connectivity index is 1.77. The Morgan fingerprint density at radius 1 is 0.938 bits per heavy atom. The lowest BCUT2D eigenvalue weighted by Gasteiger charge is -2.16. The molecular weight excluding hydrogens is 407 g/mol. The molecule has 0 saturated heterocycles. The van der Waals surface area contributed by atoms with Crippen LogP contribution >= 0.6 is 0 Å². The van der Waals surface area contributed by atoms with Gasteiger partial charge in [0, 0.05) is 11.8 Å². The molecule has 3 aromatic carbocycles. The molecule has 1 N–H and O–H groups in total. The van der Waals surface area contributed by atoms with Gasteiger partial charge < -0.3 is 10.1 Å². The zero-order chi connectivity index (χ0) is 22.7. The Morgan fingerprint density at radius 2 is 1.69 bits per heavy atom. The van der Waals surface area contributed by atoms with E-state index in [1.54, 1.807) is 24.3 Å². The molecule has 32 heavy (non-hydrogen) atoms. The molecule has 4 rings (SSSR count). The van der Waals surface area contributed by atoms with Gasteiger partial charge in [-0.15, -0.1) is 0 Å². The average molecular weight is 430 g/mol. The predicted octanol–water partition coefficient (Wildman–Crippen LogP) is 5.32. The number of ether oxygens (including phenoxy) is 1. The molecule has 1 aliphatic heterocycles. The third-order valence-corrected chi connectivity index (χ3v) is 5.05. The van der Waals surface area contributed by atoms with Crippen LogP contribution in [0, 0.1) is 12.7 Å². The average Bonchev–Trinajstić information content (AvgIpc) is 3.02. The third-order valence-electron chi connectivity index (χ3n) is 5.05.